The van der Waals surface area contributed by atoms with Gasteiger partial charge in [0, 0.05) is 39.4 Å². The van der Waals surface area contributed by atoms with Gasteiger partial charge in [0.05, 0.1) is 47.6 Å². The molecule has 14 nitrogen and oxygen atoms in total. The highest BCUT2D eigenvalue weighted by atomic mass is 32.2. The standard InChI is InChI=1S/C44H61N7O7S/c1-7-10-11-12-13-14-15-16-17-18-28-45-59(55,56)35-26-27-39(58-6)38(31-35)48-43(53)41(47-33-22-24-34(25-23-33)50(8-2)9-3)42-49-40-36(44(54)51(42)29-30-57-5)20-19-21-37(40)46-32(4)52/h19-27,31,45H,7-18,28-30H2,1-6H3,(H,46,52)(H,48,53). The predicted octanol–water partition coefficient (Wildman–Crippen LogP) is 7.81. The number of hydrogen-bond donors (Lipinski definition) is 3. The molecule has 3 aromatic carbocycles. The number of benzene rings is 3. The number of carbonyl (C=O) groups excluding carboxylic acids is 2. The average molecular weight is 832 g/mol. The van der Waals surface area contributed by atoms with Crippen LogP contribution in [-0.4, -0.2) is 76.0 Å². The number of hydrogen-bond acceptors (Lipinski definition) is 10. The molecule has 0 atom stereocenters. The molecular formula is C44H61N7O7S. The number of anilines is 3. The molecule has 1 aromatic heterocycles. The first-order chi connectivity index (χ1) is 28.5. The molecule has 0 spiro atoms. The molecule has 0 aliphatic heterocycles. The number of fused-ring (bicyclic) bond motifs is 1. The molecule has 4 rings (SSSR count). The van der Waals surface area contributed by atoms with Gasteiger partial charge in [-0.25, -0.2) is 23.1 Å². The highest BCUT2D eigenvalue weighted by molar-refractivity contribution is 7.89. The van der Waals surface area contributed by atoms with Crippen molar-refractivity contribution < 1.29 is 27.5 Å². The maximum Gasteiger partial charge on any atom is 0.278 e. The second-order valence-corrected chi connectivity index (χ2v) is 16.1. The normalized spacial score (nSPS) is 11.8. The van der Waals surface area contributed by atoms with Gasteiger partial charge in [0.2, 0.25) is 15.9 Å². The number of aromatic nitrogens is 2. The Labute approximate surface area is 348 Å². The molecule has 0 unspecified atom stereocenters. The Hall–Kier alpha value is -5.12. The van der Waals surface area contributed by atoms with Crippen LogP contribution in [0.3, 0.4) is 0 Å². The minimum Gasteiger partial charge on any atom is -0.495 e. The van der Waals surface area contributed by atoms with Crippen molar-refractivity contribution in [3.8, 4) is 5.75 Å². The van der Waals surface area contributed by atoms with E-state index in [1.165, 1.54) is 82.4 Å². The lowest BCUT2D eigenvalue weighted by atomic mass is 10.1. The van der Waals surface area contributed by atoms with Gasteiger partial charge in [-0.3, -0.25) is 19.0 Å². The summed E-state index contributed by atoms with van der Waals surface area (Å²) < 4.78 is 41.8. The predicted molar refractivity (Wildman–Crippen MR) is 237 cm³/mol. The Morgan fingerprint density at radius 3 is 2.10 bits per heavy atom. The lowest BCUT2D eigenvalue weighted by Gasteiger charge is -2.21. The molecule has 0 saturated carbocycles. The third-order valence-electron chi connectivity index (χ3n) is 10.0. The smallest absolute Gasteiger partial charge is 0.278 e. The minimum absolute atomic E-state index is 0.0208. The number of methoxy groups -OCH3 is 2. The number of para-hydroxylation sites is 1. The first kappa shape index (κ1) is 46.6. The Bertz CT molecular complexity index is 2200. The Kier molecular flexibility index (Phi) is 18.5. The number of sulfonamides is 1. The number of aliphatic imine (C=N–C) groups is 1. The summed E-state index contributed by atoms with van der Waals surface area (Å²) in [5.74, 6) is -1.06. The van der Waals surface area contributed by atoms with Crippen molar-refractivity contribution in [2.45, 2.75) is 103 Å². The van der Waals surface area contributed by atoms with Gasteiger partial charge < -0.3 is 25.0 Å². The summed E-state index contributed by atoms with van der Waals surface area (Å²) in [7, 11) is -1.05. The van der Waals surface area contributed by atoms with Crippen LogP contribution in [-0.2, 0) is 30.9 Å². The van der Waals surface area contributed by atoms with Crippen molar-refractivity contribution in [2.24, 2.45) is 4.99 Å². The van der Waals surface area contributed by atoms with Gasteiger partial charge in [0.1, 0.15) is 11.3 Å². The molecule has 1 heterocycles. The molecule has 0 aliphatic rings. The fourth-order valence-corrected chi connectivity index (χ4v) is 7.90. The second-order valence-electron chi connectivity index (χ2n) is 14.3. The van der Waals surface area contributed by atoms with Crippen molar-refractivity contribution in [1.29, 1.82) is 0 Å². The van der Waals surface area contributed by atoms with Crippen molar-refractivity contribution >= 4 is 61.2 Å². The SMILES string of the molecule is CCCCCCCCCCCCNS(=O)(=O)c1ccc(OC)c(NC(=O)C(=Nc2ccc(N(CC)CC)cc2)c2nc3c(NC(C)=O)cccc3c(=O)n2CCOC)c1. The van der Waals surface area contributed by atoms with Gasteiger partial charge in [0.15, 0.2) is 11.5 Å². The molecule has 0 aliphatic carbocycles. The number of carbonyl (C=O) groups is 2. The monoisotopic (exact) mass is 831 g/mol. The summed E-state index contributed by atoms with van der Waals surface area (Å²) in [6.07, 6.45) is 11.3. The molecule has 2 amide bonds. The molecule has 0 bridgehead atoms. The summed E-state index contributed by atoms with van der Waals surface area (Å²) in [6.45, 7) is 9.67. The van der Waals surface area contributed by atoms with E-state index in [1.807, 2.05) is 12.1 Å². The van der Waals surface area contributed by atoms with Crippen LogP contribution in [0.5, 0.6) is 5.75 Å². The summed E-state index contributed by atoms with van der Waals surface area (Å²) in [5, 5.41) is 5.74. The van der Waals surface area contributed by atoms with E-state index < -0.39 is 21.5 Å². The number of nitrogens with zero attached hydrogens (tertiary/aromatic N) is 4. The molecule has 320 valence electrons. The zero-order chi connectivity index (χ0) is 42.8. The average Bonchev–Trinajstić information content (AvgIpc) is 3.22. The van der Waals surface area contributed by atoms with Crippen LogP contribution in [0.15, 0.2) is 75.3 Å². The van der Waals surface area contributed by atoms with Gasteiger partial charge in [-0.05, 0) is 74.9 Å². The summed E-state index contributed by atoms with van der Waals surface area (Å²) in [6, 6.07) is 16.4. The molecule has 4 aromatic rings. The zero-order valence-corrected chi connectivity index (χ0v) is 36.3. The van der Waals surface area contributed by atoms with Crippen LogP contribution in [0.1, 0.15) is 97.7 Å². The van der Waals surface area contributed by atoms with Crippen molar-refractivity contribution in [2.75, 3.05) is 56.0 Å². The van der Waals surface area contributed by atoms with E-state index in [0.29, 0.717) is 12.1 Å². The quantitative estimate of drug-likeness (QED) is 0.0445. The van der Waals surface area contributed by atoms with E-state index in [9.17, 15) is 22.8 Å². The van der Waals surface area contributed by atoms with Gasteiger partial charge in [-0.1, -0.05) is 70.8 Å². The minimum atomic E-state index is -3.95. The number of nitrogens with one attached hydrogen (secondary N) is 3. The highest BCUT2D eigenvalue weighted by Crippen LogP contribution is 2.29. The van der Waals surface area contributed by atoms with E-state index >= 15 is 0 Å². The second kappa shape index (κ2) is 23.5. The van der Waals surface area contributed by atoms with Crippen LogP contribution in [0, 0.1) is 0 Å². The molecule has 0 saturated heterocycles. The van der Waals surface area contributed by atoms with Gasteiger partial charge in [-0.2, -0.15) is 0 Å². The maximum atomic E-state index is 14.6. The van der Waals surface area contributed by atoms with Crippen molar-refractivity contribution in [3.05, 3.63) is 76.8 Å². The number of ether oxygens (including phenoxy) is 2. The maximum absolute atomic E-state index is 14.6. The first-order valence-electron chi connectivity index (χ1n) is 20.7. The number of amides is 2. The Morgan fingerprint density at radius 1 is 0.831 bits per heavy atom. The van der Waals surface area contributed by atoms with Crippen LogP contribution in [0.4, 0.5) is 22.7 Å². The topological polar surface area (TPSA) is 173 Å². The van der Waals surface area contributed by atoms with Crippen LogP contribution in [0.2, 0.25) is 0 Å². The lowest BCUT2D eigenvalue weighted by molar-refractivity contribution is -0.114. The molecule has 15 heteroatoms. The van der Waals surface area contributed by atoms with Gasteiger partial charge >= 0.3 is 0 Å². The third-order valence-corrected chi connectivity index (χ3v) is 11.5. The van der Waals surface area contributed by atoms with Crippen molar-refractivity contribution in [1.82, 2.24) is 14.3 Å². The van der Waals surface area contributed by atoms with Crippen molar-refractivity contribution in [3.63, 3.8) is 0 Å². The highest BCUT2D eigenvalue weighted by Gasteiger charge is 2.26. The number of rotatable bonds is 25. The molecule has 0 radical (unpaired) electrons. The van der Waals surface area contributed by atoms with Crippen LogP contribution in [0.25, 0.3) is 10.9 Å². The fourth-order valence-electron chi connectivity index (χ4n) is 6.80. The van der Waals surface area contributed by atoms with Crippen LogP contribution < -0.4 is 30.6 Å². The summed E-state index contributed by atoms with van der Waals surface area (Å²) in [4.78, 5) is 52.6. The number of unbranched alkanes of at least 4 members (excludes halogenated alkanes) is 9. The van der Waals surface area contributed by atoms with Gasteiger partial charge in [0.25, 0.3) is 11.5 Å². The van der Waals surface area contributed by atoms with E-state index in [2.05, 4.69) is 41.0 Å². The molecule has 0 fully saturated rings. The lowest BCUT2D eigenvalue weighted by Crippen LogP contribution is -2.35. The van der Waals surface area contributed by atoms with E-state index in [0.717, 1.165) is 38.0 Å². The Balaban J connectivity index is 1.71. The third kappa shape index (κ3) is 13.2. The Morgan fingerprint density at radius 2 is 1.49 bits per heavy atom. The largest absolute Gasteiger partial charge is 0.495 e. The first-order valence-corrected chi connectivity index (χ1v) is 22.2. The summed E-state index contributed by atoms with van der Waals surface area (Å²) >= 11 is 0. The van der Waals surface area contributed by atoms with E-state index in [4.69, 9.17) is 19.5 Å². The van der Waals surface area contributed by atoms with Gasteiger partial charge in [-0.15, -0.1) is 0 Å². The summed E-state index contributed by atoms with van der Waals surface area (Å²) in [5.41, 5.74) is 1.13. The zero-order valence-electron chi connectivity index (χ0n) is 35.4. The van der Waals surface area contributed by atoms with E-state index in [1.54, 1.807) is 30.3 Å². The molecule has 3 N–H and O–H groups in total. The molecule has 59 heavy (non-hydrogen) atoms. The van der Waals surface area contributed by atoms with E-state index in [-0.39, 0.29) is 70.1 Å². The van der Waals surface area contributed by atoms with Crippen LogP contribution >= 0.6 is 0 Å². The molecular weight excluding hydrogens is 771 g/mol. The fraction of sp³-hybridized carbons (Fsp3) is 0.477.